The molecule has 0 aliphatic carbocycles. The van der Waals surface area contributed by atoms with Crippen LogP contribution in [0.5, 0.6) is 0 Å². The van der Waals surface area contributed by atoms with Crippen molar-refractivity contribution in [3.05, 3.63) is 33.8 Å². The minimum atomic E-state index is -0.0337. The fraction of sp³-hybridized carbons (Fsp3) is 0.417. The highest BCUT2D eigenvalue weighted by Gasteiger charge is 2.37. The first kappa shape index (κ1) is 10.1. The lowest BCUT2D eigenvalue weighted by Crippen LogP contribution is -2.44. The van der Waals surface area contributed by atoms with Crippen molar-refractivity contribution in [1.82, 2.24) is 10.6 Å². The number of benzene rings is 1. The van der Waals surface area contributed by atoms with Crippen molar-refractivity contribution in [2.45, 2.75) is 18.9 Å². The van der Waals surface area contributed by atoms with Gasteiger partial charge in [-0.2, -0.15) is 0 Å². The smallest absolute Gasteiger partial charge is 0.253 e. The Morgan fingerprint density at radius 3 is 3.00 bits per heavy atom. The summed E-state index contributed by atoms with van der Waals surface area (Å²) in [6.45, 7) is 3.69. The molecule has 2 atom stereocenters. The van der Waals surface area contributed by atoms with E-state index < -0.39 is 0 Å². The van der Waals surface area contributed by atoms with Crippen molar-refractivity contribution in [2.24, 2.45) is 0 Å². The summed E-state index contributed by atoms with van der Waals surface area (Å²) in [7, 11) is 0. The summed E-state index contributed by atoms with van der Waals surface area (Å²) < 4.78 is 0. The molecule has 3 nitrogen and oxygen atoms in total. The predicted octanol–water partition coefficient (Wildman–Crippen LogP) is 1.45. The molecule has 2 aliphatic heterocycles. The Hall–Kier alpha value is -1.06. The average Bonchev–Trinajstić information content (AvgIpc) is 2.70. The van der Waals surface area contributed by atoms with Gasteiger partial charge < -0.3 is 10.6 Å². The normalized spacial score (nSPS) is 27.2. The Morgan fingerprint density at radius 2 is 2.19 bits per heavy atom. The first-order valence-corrected chi connectivity index (χ1v) is 5.87. The van der Waals surface area contributed by atoms with Crippen LogP contribution in [0.2, 0.25) is 5.02 Å². The van der Waals surface area contributed by atoms with Gasteiger partial charge in [-0.15, -0.1) is 0 Å². The molecule has 0 saturated carbocycles. The number of carbonyl (C=O) groups is 1. The molecule has 84 valence electrons. The van der Waals surface area contributed by atoms with Gasteiger partial charge in [0.2, 0.25) is 0 Å². The highest BCUT2D eigenvalue weighted by molar-refractivity contribution is 6.35. The minimum Gasteiger partial charge on any atom is -0.347 e. The van der Waals surface area contributed by atoms with Crippen LogP contribution in [0.25, 0.3) is 0 Å². The van der Waals surface area contributed by atoms with E-state index in [1.807, 2.05) is 19.1 Å². The quantitative estimate of drug-likeness (QED) is 0.716. The number of hydrogen-bond acceptors (Lipinski definition) is 2. The van der Waals surface area contributed by atoms with Gasteiger partial charge in [-0.3, -0.25) is 4.79 Å². The number of amides is 1. The highest BCUT2D eigenvalue weighted by Crippen LogP contribution is 2.35. The van der Waals surface area contributed by atoms with Crippen molar-refractivity contribution in [1.29, 1.82) is 0 Å². The van der Waals surface area contributed by atoms with Crippen LogP contribution in [0.3, 0.4) is 0 Å². The van der Waals surface area contributed by atoms with E-state index in [2.05, 4.69) is 10.6 Å². The lowest BCUT2D eigenvalue weighted by atomic mass is 9.85. The molecule has 0 bridgehead atoms. The first-order valence-electron chi connectivity index (χ1n) is 5.49. The molecule has 1 aromatic carbocycles. The Labute approximate surface area is 99.2 Å². The van der Waals surface area contributed by atoms with E-state index in [1.165, 1.54) is 0 Å². The van der Waals surface area contributed by atoms with Crippen LogP contribution in [0, 0.1) is 6.92 Å². The molecule has 3 rings (SSSR count). The number of rotatable bonds is 0. The maximum atomic E-state index is 12.0. The molecule has 0 unspecified atom stereocenters. The third-order valence-corrected chi connectivity index (χ3v) is 4.01. The summed E-state index contributed by atoms with van der Waals surface area (Å²) in [5, 5.41) is 6.92. The molecule has 1 saturated heterocycles. The Kier molecular flexibility index (Phi) is 2.19. The summed E-state index contributed by atoms with van der Waals surface area (Å²) in [6, 6.07) is 4.26. The highest BCUT2D eigenvalue weighted by atomic mass is 35.5. The monoisotopic (exact) mass is 236 g/mol. The van der Waals surface area contributed by atoms with Gasteiger partial charge in [-0.1, -0.05) is 23.7 Å². The van der Waals surface area contributed by atoms with E-state index in [1.54, 1.807) is 0 Å². The average molecular weight is 237 g/mol. The SMILES string of the molecule is Cc1ccc2c(c1Cl)C(=O)N[C@H]1CNC[C@H]21. The maximum Gasteiger partial charge on any atom is 0.253 e. The molecule has 2 aliphatic rings. The van der Waals surface area contributed by atoms with Gasteiger partial charge in [0, 0.05) is 25.0 Å². The number of aryl methyl sites for hydroxylation is 1. The number of hydrogen-bond donors (Lipinski definition) is 2. The molecular weight excluding hydrogens is 224 g/mol. The zero-order chi connectivity index (χ0) is 11.3. The fourth-order valence-corrected chi connectivity index (χ4v) is 2.89. The molecule has 0 aromatic heterocycles. The topological polar surface area (TPSA) is 41.1 Å². The van der Waals surface area contributed by atoms with Gasteiger partial charge in [-0.05, 0) is 18.1 Å². The van der Waals surface area contributed by atoms with Crippen LogP contribution in [0.4, 0.5) is 0 Å². The van der Waals surface area contributed by atoms with Gasteiger partial charge >= 0.3 is 0 Å². The van der Waals surface area contributed by atoms with E-state index in [-0.39, 0.29) is 11.9 Å². The van der Waals surface area contributed by atoms with Crippen LogP contribution in [0.15, 0.2) is 12.1 Å². The van der Waals surface area contributed by atoms with Crippen molar-refractivity contribution >= 4 is 17.5 Å². The number of nitrogens with one attached hydrogen (secondary N) is 2. The van der Waals surface area contributed by atoms with Crippen LogP contribution in [-0.2, 0) is 0 Å². The molecular formula is C12H13ClN2O. The molecule has 1 amide bonds. The fourth-order valence-electron chi connectivity index (χ4n) is 2.63. The van der Waals surface area contributed by atoms with Gasteiger partial charge in [0.05, 0.1) is 10.6 Å². The second-order valence-corrected chi connectivity index (χ2v) is 4.88. The van der Waals surface area contributed by atoms with E-state index in [9.17, 15) is 4.79 Å². The Balaban J connectivity index is 2.20. The maximum absolute atomic E-state index is 12.0. The predicted molar refractivity (Wildman–Crippen MR) is 63.1 cm³/mol. The molecule has 4 heteroatoms. The van der Waals surface area contributed by atoms with E-state index in [4.69, 9.17) is 11.6 Å². The third kappa shape index (κ3) is 1.28. The van der Waals surface area contributed by atoms with Crippen LogP contribution in [0.1, 0.15) is 27.4 Å². The van der Waals surface area contributed by atoms with Gasteiger partial charge in [0.1, 0.15) is 0 Å². The van der Waals surface area contributed by atoms with Gasteiger partial charge in [0.25, 0.3) is 5.91 Å². The van der Waals surface area contributed by atoms with Crippen LogP contribution in [-0.4, -0.2) is 25.0 Å². The molecule has 0 spiro atoms. The van der Waals surface area contributed by atoms with Crippen LogP contribution < -0.4 is 10.6 Å². The second-order valence-electron chi connectivity index (χ2n) is 4.51. The number of fused-ring (bicyclic) bond motifs is 3. The van der Waals surface area contributed by atoms with Gasteiger partial charge in [-0.25, -0.2) is 0 Å². The van der Waals surface area contributed by atoms with Crippen molar-refractivity contribution < 1.29 is 4.79 Å². The summed E-state index contributed by atoms with van der Waals surface area (Å²) in [4.78, 5) is 12.0. The number of carbonyl (C=O) groups excluding carboxylic acids is 1. The van der Waals surface area contributed by atoms with Gasteiger partial charge in [0.15, 0.2) is 0 Å². The zero-order valence-corrected chi connectivity index (χ0v) is 9.77. The second kappa shape index (κ2) is 3.47. The molecule has 1 fully saturated rings. The third-order valence-electron chi connectivity index (χ3n) is 3.52. The first-order chi connectivity index (χ1) is 7.68. The summed E-state index contributed by atoms with van der Waals surface area (Å²) in [6.07, 6.45) is 0. The van der Waals surface area contributed by atoms with Crippen molar-refractivity contribution in [2.75, 3.05) is 13.1 Å². The van der Waals surface area contributed by atoms with Crippen molar-refractivity contribution in [3.8, 4) is 0 Å². The van der Waals surface area contributed by atoms with E-state index in [0.29, 0.717) is 16.5 Å². The van der Waals surface area contributed by atoms with Crippen LogP contribution >= 0.6 is 11.6 Å². The molecule has 2 N–H and O–H groups in total. The lowest BCUT2D eigenvalue weighted by molar-refractivity contribution is 0.0924. The minimum absolute atomic E-state index is 0.0337. The van der Waals surface area contributed by atoms with E-state index >= 15 is 0 Å². The standard InChI is InChI=1S/C12H13ClN2O/c1-6-2-3-7-8-4-14-5-9(8)15-12(16)10(7)11(6)13/h2-3,8-9,14H,4-5H2,1H3,(H,15,16)/t8-,9+/m1/s1. The number of halogens is 1. The molecule has 0 radical (unpaired) electrons. The summed E-state index contributed by atoms with van der Waals surface area (Å²) in [5.41, 5.74) is 2.72. The Morgan fingerprint density at radius 1 is 1.38 bits per heavy atom. The molecule has 1 aromatic rings. The molecule has 16 heavy (non-hydrogen) atoms. The largest absolute Gasteiger partial charge is 0.347 e. The van der Waals surface area contributed by atoms with E-state index in [0.717, 1.165) is 24.2 Å². The van der Waals surface area contributed by atoms with Crippen molar-refractivity contribution in [3.63, 3.8) is 0 Å². The summed E-state index contributed by atoms with van der Waals surface area (Å²) >= 11 is 6.22. The summed E-state index contributed by atoms with van der Waals surface area (Å²) in [5.74, 6) is 0.333. The lowest BCUT2D eigenvalue weighted by Gasteiger charge is -2.29. The zero-order valence-electron chi connectivity index (χ0n) is 9.01. The Bertz CT molecular complexity index is 472. The molecule has 2 heterocycles.